The molecule has 0 spiro atoms. The first kappa shape index (κ1) is 27.0. The van der Waals surface area contributed by atoms with Gasteiger partial charge in [-0.05, 0) is 0 Å². The number of hydrogen-bond donors (Lipinski definition) is 0. The van der Waals surface area contributed by atoms with E-state index in [1.807, 2.05) is 0 Å². The van der Waals surface area contributed by atoms with E-state index in [4.69, 9.17) is 0 Å². The predicted octanol–water partition coefficient (Wildman–Crippen LogP) is 8.68. The van der Waals surface area contributed by atoms with Crippen LogP contribution in [0, 0.1) is 13.8 Å². The Morgan fingerprint density at radius 2 is 1.12 bits per heavy atom. The van der Waals surface area contributed by atoms with Crippen molar-refractivity contribution in [2.24, 2.45) is 0 Å². The Balaban J connectivity index is 2.64. The molecule has 0 radical (unpaired) electrons. The molecule has 32 heavy (non-hydrogen) atoms. The van der Waals surface area contributed by atoms with Crippen molar-refractivity contribution in [3.63, 3.8) is 0 Å². The van der Waals surface area contributed by atoms with Crippen molar-refractivity contribution in [1.82, 2.24) is 0 Å². The van der Waals surface area contributed by atoms with E-state index < -0.39 is 14.7 Å². The topological polar surface area (TPSA) is 3.24 Å². The first-order chi connectivity index (χ1) is 15.6. The van der Waals surface area contributed by atoms with Crippen LogP contribution in [-0.2, 0) is 0 Å². The third-order valence-corrected chi connectivity index (χ3v) is 12.4. The summed E-state index contributed by atoms with van der Waals surface area (Å²) in [6.07, 6.45) is 10.4. The van der Waals surface area contributed by atoms with Crippen LogP contribution < -0.4 is 9.25 Å². The maximum atomic E-state index is 2.70. The average molecular weight is 498 g/mol. The molecule has 1 nitrogen and oxygen atoms in total. The van der Waals surface area contributed by atoms with Crippen LogP contribution in [0.1, 0.15) is 90.2 Å². The molecule has 0 atom stereocenters. The first-order valence-electron chi connectivity index (χ1n) is 13.3. The van der Waals surface area contributed by atoms with Crippen molar-refractivity contribution >= 4 is 24.7 Å². The number of benzene rings is 2. The Morgan fingerprint density at radius 3 is 1.66 bits per heavy atom. The summed E-state index contributed by atoms with van der Waals surface area (Å²) in [7, 11) is 0. The van der Waals surface area contributed by atoms with Gasteiger partial charge in [0.15, 0.2) is 0 Å². The molecule has 2 aromatic rings. The van der Waals surface area contributed by atoms with Crippen LogP contribution in [-0.4, -0.2) is 27.7 Å². The SMILES string of the molecule is CCCCN(CCCC)c1cccc(C)c1-c1c(C)cccc1[As](CCCC)CCCC. The van der Waals surface area contributed by atoms with Gasteiger partial charge in [-0.15, -0.1) is 0 Å². The number of hydrogen-bond acceptors (Lipinski definition) is 1. The summed E-state index contributed by atoms with van der Waals surface area (Å²) in [6, 6.07) is 14.2. The van der Waals surface area contributed by atoms with Crippen LogP contribution in [0.3, 0.4) is 0 Å². The van der Waals surface area contributed by atoms with E-state index in [0.29, 0.717) is 0 Å². The number of anilines is 1. The number of aryl methyl sites for hydroxylation is 2. The van der Waals surface area contributed by atoms with Crippen LogP contribution in [0.15, 0.2) is 36.4 Å². The zero-order valence-electron chi connectivity index (χ0n) is 21.8. The quantitative estimate of drug-likeness (QED) is 0.223. The van der Waals surface area contributed by atoms with Crippen LogP contribution in [0.2, 0.25) is 10.4 Å². The van der Waals surface area contributed by atoms with Gasteiger partial charge in [0.1, 0.15) is 0 Å². The van der Waals surface area contributed by atoms with Crippen LogP contribution in [0.4, 0.5) is 5.69 Å². The number of unbranched alkanes of at least 4 members (excludes halogenated alkanes) is 4. The van der Waals surface area contributed by atoms with Gasteiger partial charge >= 0.3 is 205 Å². The molecule has 2 heteroatoms. The molecule has 0 heterocycles. The van der Waals surface area contributed by atoms with E-state index in [9.17, 15) is 0 Å². The molecule has 2 aromatic carbocycles. The van der Waals surface area contributed by atoms with Gasteiger partial charge in [-0.3, -0.25) is 0 Å². The number of nitrogens with zero attached hydrogens (tertiary/aromatic N) is 1. The van der Waals surface area contributed by atoms with E-state index >= 15 is 0 Å². The van der Waals surface area contributed by atoms with Crippen LogP contribution in [0.5, 0.6) is 0 Å². The minimum atomic E-state index is -1.08. The molecule has 0 bridgehead atoms. The van der Waals surface area contributed by atoms with Gasteiger partial charge in [0.2, 0.25) is 0 Å². The molecule has 0 aliphatic carbocycles. The van der Waals surface area contributed by atoms with Crippen molar-refractivity contribution < 1.29 is 0 Å². The normalized spacial score (nSPS) is 11.3. The minimum absolute atomic E-state index is 1.08. The Hall–Kier alpha value is -1.20. The van der Waals surface area contributed by atoms with E-state index in [1.54, 1.807) is 9.91 Å². The summed E-state index contributed by atoms with van der Waals surface area (Å²) in [5.74, 6) is 0. The van der Waals surface area contributed by atoms with Crippen molar-refractivity contribution in [3.05, 3.63) is 47.5 Å². The van der Waals surface area contributed by atoms with E-state index in [-0.39, 0.29) is 0 Å². The zero-order valence-corrected chi connectivity index (χ0v) is 23.7. The summed E-state index contributed by atoms with van der Waals surface area (Å²) in [5, 5.41) is 2.91. The molecule has 0 aromatic heterocycles. The zero-order chi connectivity index (χ0) is 23.3. The fraction of sp³-hybridized carbons (Fsp3) is 0.600. The monoisotopic (exact) mass is 497 g/mol. The Kier molecular flexibility index (Phi) is 12.5. The summed E-state index contributed by atoms with van der Waals surface area (Å²) >= 11 is -1.08. The molecule has 0 saturated heterocycles. The van der Waals surface area contributed by atoms with E-state index in [1.165, 1.54) is 97.3 Å². The van der Waals surface area contributed by atoms with Gasteiger partial charge in [-0.2, -0.15) is 0 Å². The fourth-order valence-electron chi connectivity index (χ4n) is 4.58. The summed E-state index contributed by atoms with van der Waals surface area (Å²) in [4.78, 5) is 2.70. The Bertz CT molecular complexity index is 714. The average Bonchev–Trinajstić information content (AvgIpc) is 2.80. The standard InChI is InChI=1S/C30H48AsN/c1-7-11-21-31(22-12-8-2)27-19-15-17-25(5)29(27)30-26(6)18-16-20-28(30)32(23-13-9-3)24-14-10-4/h15-20H,7-14,21-24H2,1-6H3. The van der Waals surface area contributed by atoms with E-state index in [0.717, 1.165) is 0 Å². The molecular weight excluding hydrogens is 449 g/mol. The van der Waals surface area contributed by atoms with Crippen molar-refractivity contribution in [3.8, 4) is 11.1 Å². The van der Waals surface area contributed by atoms with Crippen LogP contribution >= 0.6 is 0 Å². The van der Waals surface area contributed by atoms with Crippen molar-refractivity contribution in [2.45, 2.75) is 103 Å². The number of rotatable bonds is 15. The second-order valence-electron chi connectivity index (χ2n) is 9.33. The molecule has 2 rings (SSSR count). The fourth-order valence-corrected chi connectivity index (χ4v) is 10.9. The summed E-state index contributed by atoms with van der Waals surface area (Å²) in [6.45, 7) is 16.3. The third kappa shape index (κ3) is 7.41. The molecule has 0 saturated carbocycles. The third-order valence-electron chi connectivity index (χ3n) is 6.56. The van der Waals surface area contributed by atoms with Gasteiger partial charge in [0.05, 0.1) is 0 Å². The second kappa shape index (κ2) is 14.8. The van der Waals surface area contributed by atoms with Crippen LogP contribution in [0.25, 0.3) is 11.1 Å². The first-order valence-corrected chi connectivity index (χ1v) is 16.9. The molecule has 0 unspecified atom stereocenters. The predicted molar refractivity (Wildman–Crippen MR) is 148 cm³/mol. The van der Waals surface area contributed by atoms with Gasteiger partial charge in [-0.25, -0.2) is 0 Å². The Labute approximate surface area is 204 Å². The molecule has 0 fully saturated rings. The van der Waals surface area contributed by atoms with Gasteiger partial charge in [0, 0.05) is 0 Å². The van der Waals surface area contributed by atoms with Gasteiger partial charge in [-0.1, -0.05) is 0 Å². The van der Waals surface area contributed by atoms with E-state index in [2.05, 4.69) is 82.8 Å². The van der Waals surface area contributed by atoms with Crippen molar-refractivity contribution in [2.75, 3.05) is 18.0 Å². The Morgan fingerprint density at radius 1 is 0.625 bits per heavy atom. The second-order valence-corrected chi connectivity index (χ2v) is 14.5. The van der Waals surface area contributed by atoms with Gasteiger partial charge in [0.25, 0.3) is 0 Å². The maximum absolute atomic E-state index is 2.70. The molecule has 0 aliphatic heterocycles. The van der Waals surface area contributed by atoms with Gasteiger partial charge < -0.3 is 0 Å². The van der Waals surface area contributed by atoms with Crippen molar-refractivity contribution in [1.29, 1.82) is 0 Å². The summed E-state index contributed by atoms with van der Waals surface area (Å²) < 4.78 is 1.74. The molecule has 0 amide bonds. The molecule has 178 valence electrons. The summed E-state index contributed by atoms with van der Waals surface area (Å²) in [5.41, 5.74) is 7.50. The molecule has 0 N–H and O–H groups in total. The molecular formula is C30H48AsN. The molecule has 0 aliphatic rings.